The molecule has 1 aromatic carbocycles. The van der Waals surface area contributed by atoms with Gasteiger partial charge in [0.2, 0.25) is 0 Å². The van der Waals surface area contributed by atoms with Crippen molar-refractivity contribution >= 4 is 14.3 Å². The molecule has 0 amide bonds. The summed E-state index contributed by atoms with van der Waals surface area (Å²) in [6.07, 6.45) is 2.13. The number of benzene rings is 1. The van der Waals surface area contributed by atoms with Gasteiger partial charge in [0.25, 0.3) is 0 Å². The molecule has 1 N–H and O–H groups in total. The van der Waals surface area contributed by atoms with Crippen molar-refractivity contribution in [3.8, 4) is 0 Å². The van der Waals surface area contributed by atoms with Gasteiger partial charge in [-0.3, -0.25) is 4.79 Å². The number of hydrogen-bond acceptors (Lipinski definition) is 4. The monoisotopic (exact) mass is 436 g/mol. The fourth-order valence-electron chi connectivity index (χ4n) is 3.65. The van der Waals surface area contributed by atoms with E-state index in [-0.39, 0.29) is 29.8 Å². The van der Waals surface area contributed by atoms with Crippen LogP contribution in [0.1, 0.15) is 58.9 Å². The maximum absolute atomic E-state index is 11.5. The first kappa shape index (κ1) is 25.1. The predicted molar refractivity (Wildman–Crippen MR) is 122 cm³/mol. The second-order valence-corrected chi connectivity index (χ2v) is 14.9. The van der Waals surface area contributed by atoms with E-state index < -0.39 is 14.3 Å². The topological polar surface area (TPSA) is 65.0 Å². The zero-order valence-corrected chi connectivity index (χ0v) is 20.5. The summed E-state index contributed by atoms with van der Waals surface area (Å²) in [7, 11) is -2.00. The molecule has 0 aromatic heterocycles. The van der Waals surface area contributed by atoms with Crippen LogP contribution in [0.4, 0.5) is 0 Å². The minimum Gasteiger partial charge on any atom is -0.481 e. The molecule has 1 saturated heterocycles. The van der Waals surface area contributed by atoms with Crippen LogP contribution in [0.15, 0.2) is 30.3 Å². The molecule has 1 fully saturated rings. The Morgan fingerprint density at radius 3 is 2.47 bits per heavy atom. The van der Waals surface area contributed by atoms with Gasteiger partial charge in [-0.2, -0.15) is 0 Å². The smallest absolute Gasteiger partial charge is 0.306 e. The van der Waals surface area contributed by atoms with Crippen molar-refractivity contribution in [2.24, 2.45) is 5.92 Å². The maximum atomic E-state index is 11.5. The van der Waals surface area contributed by atoms with E-state index in [0.717, 1.165) is 19.3 Å². The van der Waals surface area contributed by atoms with Crippen LogP contribution < -0.4 is 0 Å². The van der Waals surface area contributed by atoms with Crippen molar-refractivity contribution in [3.63, 3.8) is 0 Å². The zero-order chi connectivity index (χ0) is 22.4. The number of rotatable bonds is 10. The molecule has 0 radical (unpaired) electrons. The highest BCUT2D eigenvalue weighted by atomic mass is 28.4. The van der Waals surface area contributed by atoms with Crippen LogP contribution in [0.2, 0.25) is 18.1 Å². The van der Waals surface area contributed by atoms with Gasteiger partial charge < -0.3 is 19.0 Å². The second kappa shape index (κ2) is 10.9. The van der Waals surface area contributed by atoms with E-state index in [1.165, 1.54) is 5.56 Å². The number of carboxylic acid groups (broad SMARTS) is 1. The molecule has 1 aliphatic rings. The molecule has 0 aliphatic carbocycles. The number of carboxylic acids is 1. The third-order valence-corrected chi connectivity index (χ3v) is 11.0. The number of carbonyl (C=O) groups is 1. The summed E-state index contributed by atoms with van der Waals surface area (Å²) >= 11 is 0. The Hall–Kier alpha value is -1.21. The fraction of sp³-hybridized carbons (Fsp3) is 0.708. The molecular weight excluding hydrogens is 396 g/mol. The van der Waals surface area contributed by atoms with Crippen molar-refractivity contribution < 1.29 is 23.8 Å². The molecule has 1 aromatic rings. The van der Waals surface area contributed by atoms with Crippen LogP contribution >= 0.6 is 0 Å². The number of hydrogen-bond donors (Lipinski definition) is 1. The van der Waals surface area contributed by atoms with Crippen molar-refractivity contribution in [2.45, 2.75) is 96.4 Å². The van der Waals surface area contributed by atoms with Crippen LogP contribution in [0.3, 0.4) is 0 Å². The summed E-state index contributed by atoms with van der Waals surface area (Å²) < 4.78 is 18.7. The summed E-state index contributed by atoms with van der Waals surface area (Å²) in [5.41, 5.74) is 1.17. The van der Waals surface area contributed by atoms with Crippen molar-refractivity contribution in [1.29, 1.82) is 0 Å². The van der Waals surface area contributed by atoms with Gasteiger partial charge in [-0.15, -0.1) is 0 Å². The molecule has 5 nitrogen and oxygen atoms in total. The Morgan fingerprint density at radius 1 is 1.20 bits per heavy atom. The summed E-state index contributed by atoms with van der Waals surface area (Å²) in [4.78, 5) is 11.5. The fourth-order valence-corrected chi connectivity index (χ4v) is 5.01. The van der Waals surface area contributed by atoms with E-state index in [9.17, 15) is 9.90 Å². The van der Waals surface area contributed by atoms with Crippen LogP contribution in [0, 0.1) is 5.92 Å². The highest BCUT2D eigenvalue weighted by Gasteiger charge is 2.44. The SMILES string of the molecule is C[C@H]1C[C@H](O[Si](C)(C)C(C)(C)C)[C@@H](CC(=O)O)O[C@H]1CCCOCc1ccccc1. The van der Waals surface area contributed by atoms with E-state index in [1.807, 2.05) is 18.2 Å². The van der Waals surface area contributed by atoms with Crippen LogP contribution in [-0.2, 0) is 25.3 Å². The minimum absolute atomic E-state index is 0.00693. The van der Waals surface area contributed by atoms with Crippen molar-refractivity contribution in [2.75, 3.05) is 6.61 Å². The lowest BCUT2D eigenvalue weighted by Gasteiger charge is -2.46. The number of aliphatic carboxylic acids is 1. The van der Waals surface area contributed by atoms with Gasteiger partial charge >= 0.3 is 5.97 Å². The Bertz CT molecular complexity index is 655. The zero-order valence-electron chi connectivity index (χ0n) is 19.5. The average Bonchev–Trinajstić information content (AvgIpc) is 2.64. The number of ether oxygens (including phenoxy) is 2. The molecule has 6 heteroatoms. The second-order valence-electron chi connectivity index (χ2n) is 10.1. The third kappa shape index (κ3) is 7.48. The van der Waals surface area contributed by atoms with Crippen molar-refractivity contribution in [1.82, 2.24) is 0 Å². The molecule has 30 heavy (non-hydrogen) atoms. The van der Waals surface area contributed by atoms with E-state index in [1.54, 1.807) is 0 Å². The third-order valence-electron chi connectivity index (χ3n) is 6.52. The quantitative estimate of drug-likeness (QED) is 0.380. The Labute approximate surface area is 183 Å². The van der Waals surface area contributed by atoms with Crippen LogP contribution in [0.25, 0.3) is 0 Å². The van der Waals surface area contributed by atoms with E-state index in [4.69, 9.17) is 13.9 Å². The standard InChI is InChI=1S/C24H40O5Si/c1-18-15-22(29-30(5,6)24(2,3)4)21(16-23(25)26)28-20(18)13-10-14-27-17-19-11-8-7-9-12-19/h7-9,11-12,18,20-22H,10,13-17H2,1-6H3,(H,25,26)/t18-,20-,21+,22-/m0/s1. The van der Waals surface area contributed by atoms with E-state index >= 15 is 0 Å². The lowest BCUT2D eigenvalue weighted by atomic mass is 9.88. The lowest BCUT2D eigenvalue weighted by Crippen LogP contribution is -2.52. The van der Waals surface area contributed by atoms with Gasteiger partial charge in [-0.05, 0) is 48.9 Å². The molecule has 4 atom stereocenters. The summed E-state index contributed by atoms with van der Waals surface area (Å²) in [6, 6.07) is 10.2. The first-order valence-electron chi connectivity index (χ1n) is 11.2. The highest BCUT2D eigenvalue weighted by molar-refractivity contribution is 6.74. The first-order valence-corrected chi connectivity index (χ1v) is 14.1. The average molecular weight is 437 g/mol. The lowest BCUT2D eigenvalue weighted by molar-refractivity contribution is -0.161. The molecule has 2 rings (SSSR count). The summed E-state index contributed by atoms with van der Waals surface area (Å²) in [6.45, 7) is 14.5. The van der Waals surface area contributed by atoms with E-state index in [2.05, 4.69) is 52.9 Å². The van der Waals surface area contributed by atoms with Gasteiger partial charge in [0.1, 0.15) is 0 Å². The molecule has 0 bridgehead atoms. The van der Waals surface area contributed by atoms with Crippen molar-refractivity contribution in [3.05, 3.63) is 35.9 Å². The largest absolute Gasteiger partial charge is 0.481 e. The Morgan fingerprint density at radius 2 is 1.87 bits per heavy atom. The molecular formula is C24H40O5Si. The molecule has 0 spiro atoms. The molecule has 1 heterocycles. The Balaban J connectivity index is 1.88. The molecule has 1 aliphatic heterocycles. The summed E-state index contributed by atoms with van der Waals surface area (Å²) in [5.74, 6) is -0.498. The molecule has 0 saturated carbocycles. The molecule has 170 valence electrons. The summed E-state index contributed by atoms with van der Waals surface area (Å²) in [5, 5.41) is 9.48. The van der Waals surface area contributed by atoms with Gasteiger partial charge in [0, 0.05) is 6.61 Å². The van der Waals surface area contributed by atoms with Gasteiger partial charge in [0.15, 0.2) is 8.32 Å². The van der Waals surface area contributed by atoms with Crippen LogP contribution in [0.5, 0.6) is 0 Å². The normalized spacial score (nSPS) is 25.3. The van der Waals surface area contributed by atoms with Gasteiger partial charge in [-0.1, -0.05) is 58.0 Å². The first-order chi connectivity index (χ1) is 14.0. The molecule has 0 unspecified atom stereocenters. The van der Waals surface area contributed by atoms with Crippen LogP contribution in [-0.4, -0.2) is 44.3 Å². The predicted octanol–water partition coefficient (Wildman–Crippen LogP) is 5.64. The minimum atomic E-state index is -2.00. The highest BCUT2D eigenvalue weighted by Crippen LogP contribution is 2.40. The van der Waals surface area contributed by atoms with Gasteiger partial charge in [-0.25, -0.2) is 0 Å². The Kier molecular flexibility index (Phi) is 9.09. The van der Waals surface area contributed by atoms with E-state index in [0.29, 0.717) is 19.1 Å². The van der Waals surface area contributed by atoms with Gasteiger partial charge in [0.05, 0.1) is 31.3 Å². The maximum Gasteiger partial charge on any atom is 0.306 e.